The molecule has 0 aliphatic heterocycles. The summed E-state index contributed by atoms with van der Waals surface area (Å²) in [5.41, 5.74) is 0.809. The van der Waals surface area contributed by atoms with E-state index >= 15 is 0 Å². The highest BCUT2D eigenvalue weighted by atomic mass is 16.5. The summed E-state index contributed by atoms with van der Waals surface area (Å²) < 4.78 is 5.23. The summed E-state index contributed by atoms with van der Waals surface area (Å²) in [6.07, 6.45) is 3.75. The van der Waals surface area contributed by atoms with Crippen molar-refractivity contribution >= 4 is 11.6 Å². The van der Waals surface area contributed by atoms with Gasteiger partial charge in [-0.2, -0.15) is 0 Å². The van der Waals surface area contributed by atoms with Crippen LogP contribution >= 0.6 is 0 Å². The van der Waals surface area contributed by atoms with Crippen molar-refractivity contribution in [3.8, 4) is 5.88 Å². The first-order valence-corrected chi connectivity index (χ1v) is 6.35. The molecule has 0 aliphatic carbocycles. The predicted octanol–water partition coefficient (Wildman–Crippen LogP) is 1.81. The molecule has 0 saturated carbocycles. The minimum absolute atomic E-state index is 0.00247. The zero-order valence-electron chi connectivity index (χ0n) is 11.0. The fraction of sp³-hybridized carbons (Fsp3) is 0.538. The summed E-state index contributed by atoms with van der Waals surface area (Å²) in [5.74, 6) is 0.591. The topological polar surface area (TPSA) is 63.2 Å². The summed E-state index contributed by atoms with van der Waals surface area (Å²) in [7, 11) is 0. The van der Waals surface area contributed by atoms with Crippen molar-refractivity contribution in [3.05, 3.63) is 18.3 Å². The average molecular weight is 251 g/mol. The predicted molar refractivity (Wildman–Crippen MR) is 71.8 cm³/mol. The quantitative estimate of drug-likeness (QED) is 0.692. The van der Waals surface area contributed by atoms with E-state index in [-0.39, 0.29) is 12.5 Å². The highest BCUT2D eigenvalue weighted by Crippen LogP contribution is 2.10. The van der Waals surface area contributed by atoms with Gasteiger partial charge in [0, 0.05) is 12.6 Å². The van der Waals surface area contributed by atoms with Gasteiger partial charge < -0.3 is 15.4 Å². The van der Waals surface area contributed by atoms with Crippen molar-refractivity contribution in [1.82, 2.24) is 10.3 Å². The lowest BCUT2D eigenvalue weighted by Gasteiger charge is -2.07. The highest BCUT2D eigenvalue weighted by Gasteiger charge is 2.00. The van der Waals surface area contributed by atoms with Crippen molar-refractivity contribution in [2.45, 2.75) is 26.7 Å². The van der Waals surface area contributed by atoms with Crippen LogP contribution in [-0.4, -0.2) is 30.6 Å². The Morgan fingerprint density at radius 1 is 1.39 bits per heavy atom. The number of ether oxygens (including phenoxy) is 1. The lowest BCUT2D eigenvalue weighted by Crippen LogP contribution is -2.30. The van der Waals surface area contributed by atoms with Crippen molar-refractivity contribution in [3.63, 3.8) is 0 Å². The van der Waals surface area contributed by atoms with Gasteiger partial charge in [0.15, 0.2) is 0 Å². The van der Waals surface area contributed by atoms with Crippen molar-refractivity contribution in [1.29, 1.82) is 0 Å². The molecule has 18 heavy (non-hydrogen) atoms. The first-order valence-electron chi connectivity index (χ1n) is 6.35. The summed E-state index contributed by atoms with van der Waals surface area (Å²) in [5, 5.41) is 5.85. The number of aromatic nitrogens is 1. The maximum Gasteiger partial charge on any atom is 0.239 e. The normalized spacial score (nSPS) is 9.89. The summed E-state index contributed by atoms with van der Waals surface area (Å²) in [6.45, 7) is 5.60. The number of nitrogens with one attached hydrogen (secondary N) is 2. The summed E-state index contributed by atoms with van der Waals surface area (Å²) in [6, 6.07) is 3.62. The fourth-order valence-electron chi connectivity index (χ4n) is 1.37. The molecule has 0 fully saturated rings. The van der Waals surface area contributed by atoms with Crippen LogP contribution in [-0.2, 0) is 4.79 Å². The Labute approximate surface area is 108 Å². The molecule has 1 rings (SSSR count). The maximum absolute atomic E-state index is 11.4. The molecule has 1 aromatic heterocycles. The van der Waals surface area contributed by atoms with Gasteiger partial charge in [0.25, 0.3) is 0 Å². The van der Waals surface area contributed by atoms with Crippen LogP contribution in [0.2, 0.25) is 0 Å². The lowest BCUT2D eigenvalue weighted by molar-refractivity contribution is -0.119. The highest BCUT2D eigenvalue weighted by molar-refractivity contribution is 5.80. The Morgan fingerprint density at radius 2 is 2.22 bits per heavy atom. The first-order chi connectivity index (χ1) is 8.76. The molecule has 0 spiro atoms. The molecule has 0 aliphatic rings. The van der Waals surface area contributed by atoms with Gasteiger partial charge in [0.1, 0.15) is 0 Å². The number of pyridine rings is 1. The lowest BCUT2D eigenvalue weighted by atomic mass is 10.3. The van der Waals surface area contributed by atoms with E-state index in [9.17, 15) is 4.79 Å². The van der Waals surface area contributed by atoms with E-state index in [0.717, 1.165) is 25.1 Å². The van der Waals surface area contributed by atoms with Gasteiger partial charge in [0.05, 0.1) is 25.0 Å². The van der Waals surface area contributed by atoms with E-state index in [1.54, 1.807) is 12.3 Å². The number of anilines is 1. The molecule has 1 heterocycles. The second kappa shape index (κ2) is 8.33. The van der Waals surface area contributed by atoms with E-state index in [0.29, 0.717) is 12.5 Å². The van der Waals surface area contributed by atoms with Crippen LogP contribution in [0.25, 0.3) is 0 Å². The number of carbonyl (C=O) groups is 1. The number of carbonyl (C=O) groups excluding carboxylic acids is 1. The van der Waals surface area contributed by atoms with Gasteiger partial charge in [-0.25, -0.2) is 4.98 Å². The Kier molecular flexibility index (Phi) is 6.61. The van der Waals surface area contributed by atoms with Crippen LogP contribution in [0.4, 0.5) is 5.69 Å². The van der Waals surface area contributed by atoms with Crippen LogP contribution in [0.1, 0.15) is 26.7 Å². The van der Waals surface area contributed by atoms with E-state index in [1.807, 2.05) is 13.0 Å². The molecule has 1 aromatic rings. The Morgan fingerprint density at radius 3 is 2.83 bits per heavy atom. The SMILES string of the molecule is CCCCNC(=O)CNc1ccc(OCC)nc1. The van der Waals surface area contributed by atoms with Gasteiger partial charge in [-0.05, 0) is 19.4 Å². The van der Waals surface area contributed by atoms with E-state index < -0.39 is 0 Å². The molecule has 100 valence electrons. The number of hydrogen-bond donors (Lipinski definition) is 2. The van der Waals surface area contributed by atoms with Crippen LogP contribution in [0.15, 0.2) is 18.3 Å². The minimum Gasteiger partial charge on any atom is -0.478 e. The smallest absolute Gasteiger partial charge is 0.239 e. The monoisotopic (exact) mass is 251 g/mol. The molecule has 5 heteroatoms. The number of hydrogen-bond acceptors (Lipinski definition) is 4. The Bertz CT molecular complexity index is 352. The fourth-order valence-corrected chi connectivity index (χ4v) is 1.37. The van der Waals surface area contributed by atoms with E-state index in [4.69, 9.17) is 4.74 Å². The maximum atomic E-state index is 11.4. The molecule has 0 radical (unpaired) electrons. The standard InChI is InChI=1S/C13H21N3O2/c1-3-5-8-14-12(17)10-15-11-6-7-13(16-9-11)18-4-2/h6-7,9,15H,3-5,8,10H2,1-2H3,(H,14,17). The molecular weight excluding hydrogens is 230 g/mol. The average Bonchev–Trinajstić information content (AvgIpc) is 2.39. The summed E-state index contributed by atoms with van der Waals surface area (Å²) >= 11 is 0. The molecule has 0 atom stereocenters. The number of amides is 1. The molecule has 2 N–H and O–H groups in total. The molecule has 1 amide bonds. The van der Waals surface area contributed by atoms with Crippen LogP contribution in [0.5, 0.6) is 5.88 Å². The minimum atomic E-state index is -0.00247. The van der Waals surface area contributed by atoms with Gasteiger partial charge in [-0.1, -0.05) is 13.3 Å². The third kappa shape index (κ3) is 5.52. The zero-order valence-corrected chi connectivity index (χ0v) is 11.0. The Hall–Kier alpha value is -1.78. The van der Waals surface area contributed by atoms with Gasteiger partial charge >= 0.3 is 0 Å². The van der Waals surface area contributed by atoms with E-state index in [1.165, 1.54) is 0 Å². The number of rotatable bonds is 8. The second-order valence-corrected chi connectivity index (χ2v) is 3.88. The van der Waals surface area contributed by atoms with Crippen LogP contribution in [0.3, 0.4) is 0 Å². The molecule has 0 saturated heterocycles. The molecule has 5 nitrogen and oxygen atoms in total. The van der Waals surface area contributed by atoms with Gasteiger partial charge in [-0.15, -0.1) is 0 Å². The number of nitrogens with zero attached hydrogens (tertiary/aromatic N) is 1. The molecule has 0 aromatic carbocycles. The van der Waals surface area contributed by atoms with Gasteiger partial charge in [-0.3, -0.25) is 4.79 Å². The van der Waals surface area contributed by atoms with Crippen molar-refractivity contribution < 1.29 is 9.53 Å². The zero-order chi connectivity index (χ0) is 13.2. The Balaban J connectivity index is 2.27. The van der Waals surface area contributed by atoms with E-state index in [2.05, 4.69) is 22.5 Å². The third-order valence-corrected chi connectivity index (χ3v) is 2.33. The second-order valence-electron chi connectivity index (χ2n) is 3.88. The van der Waals surface area contributed by atoms with Gasteiger partial charge in [0.2, 0.25) is 11.8 Å². The molecular formula is C13H21N3O2. The molecule has 0 unspecified atom stereocenters. The van der Waals surface area contributed by atoms with Crippen LogP contribution < -0.4 is 15.4 Å². The molecule has 0 bridgehead atoms. The van der Waals surface area contributed by atoms with Crippen molar-refractivity contribution in [2.75, 3.05) is 25.0 Å². The first kappa shape index (κ1) is 14.3. The van der Waals surface area contributed by atoms with Crippen LogP contribution in [0, 0.1) is 0 Å². The largest absolute Gasteiger partial charge is 0.478 e. The third-order valence-electron chi connectivity index (χ3n) is 2.33. The van der Waals surface area contributed by atoms with Crippen molar-refractivity contribution in [2.24, 2.45) is 0 Å². The number of unbranched alkanes of at least 4 members (excludes halogenated alkanes) is 1. The summed E-state index contributed by atoms with van der Waals surface area (Å²) in [4.78, 5) is 15.5.